The van der Waals surface area contributed by atoms with E-state index >= 15 is 0 Å². The highest BCUT2D eigenvalue weighted by Gasteiger charge is 2.54. The van der Waals surface area contributed by atoms with Crippen LogP contribution in [0.5, 0.6) is 0 Å². The van der Waals surface area contributed by atoms with Gasteiger partial charge in [-0.15, -0.1) is 10.2 Å². The molecule has 4 aliphatic carbocycles. The van der Waals surface area contributed by atoms with Crippen LogP contribution in [0.1, 0.15) is 38.5 Å². The van der Waals surface area contributed by atoms with Gasteiger partial charge < -0.3 is 10.6 Å². The average Bonchev–Trinajstić information content (AvgIpc) is 3.24. The second kappa shape index (κ2) is 8.40. The molecule has 2 amide bonds. The number of nitrogens with zero attached hydrogens (tertiary/aromatic N) is 2. The number of carbonyl (C=O) groups is 2. The van der Waals surface area contributed by atoms with Crippen LogP contribution in [0.25, 0.3) is 10.8 Å². The molecule has 4 saturated carbocycles. The number of thioether (sulfide) groups is 1. The first-order valence-electron chi connectivity index (χ1n) is 11.6. The zero-order valence-corrected chi connectivity index (χ0v) is 19.9. The monoisotopic (exact) mass is 478 g/mol. The molecule has 0 spiro atoms. The van der Waals surface area contributed by atoms with E-state index in [-0.39, 0.29) is 23.0 Å². The van der Waals surface area contributed by atoms with Crippen LogP contribution >= 0.6 is 23.1 Å². The van der Waals surface area contributed by atoms with Crippen LogP contribution in [0.4, 0.5) is 10.8 Å². The second-order valence-electron chi connectivity index (χ2n) is 9.89. The average molecular weight is 479 g/mol. The van der Waals surface area contributed by atoms with E-state index in [0.717, 1.165) is 53.5 Å². The predicted octanol–water partition coefficient (Wildman–Crippen LogP) is 5.58. The molecular formula is C25H26N4O2S2. The highest BCUT2D eigenvalue weighted by molar-refractivity contribution is 8.01. The van der Waals surface area contributed by atoms with E-state index in [1.165, 1.54) is 42.4 Å². The molecule has 4 aliphatic rings. The van der Waals surface area contributed by atoms with Crippen LogP contribution in [0.3, 0.4) is 0 Å². The molecule has 0 aliphatic heterocycles. The number of carbonyl (C=O) groups excluding carboxylic acids is 2. The van der Waals surface area contributed by atoms with Crippen molar-refractivity contribution in [2.75, 3.05) is 16.4 Å². The molecule has 4 fully saturated rings. The molecule has 1 heterocycles. The van der Waals surface area contributed by atoms with Crippen molar-refractivity contribution in [1.29, 1.82) is 0 Å². The molecule has 8 heteroatoms. The highest BCUT2D eigenvalue weighted by atomic mass is 32.2. The first-order valence-corrected chi connectivity index (χ1v) is 13.4. The minimum atomic E-state index is -0.202. The van der Waals surface area contributed by atoms with Crippen LogP contribution in [-0.4, -0.2) is 27.8 Å². The molecule has 7 rings (SSSR count). The summed E-state index contributed by atoms with van der Waals surface area (Å²) in [5.74, 6) is 2.45. The van der Waals surface area contributed by atoms with E-state index in [1.807, 2.05) is 42.5 Å². The van der Waals surface area contributed by atoms with Crippen molar-refractivity contribution < 1.29 is 9.59 Å². The van der Waals surface area contributed by atoms with Gasteiger partial charge in [-0.05, 0) is 67.7 Å². The lowest BCUT2D eigenvalue weighted by molar-refractivity contribution is -0.140. The minimum absolute atomic E-state index is 0.0919. The van der Waals surface area contributed by atoms with E-state index in [1.54, 1.807) is 0 Å². The molecule has 0 saturated heterocycles. The van der Waals surface area contributed by atoms with Crippen molar-refractivity contribution in [2.24, 2.45) is 23.2 Å². The molecule has 6 nitrogen and oxygen atoms in total. The molecule has 0 radical (unpaired) electrons. The fourth-order valence-electron chi connectivity index (χ4n) is 6.59. The Balaban J connectivity index is 1.06. The van der Waals surface area contributed by atoms with Gasteiger partial charge in [-0.25, -0.2) is 0 Å². The summed E-state index contributed by atoms with van der Waals surface area (Å²) >= 11 is 2.69. The van der Waals surface area contributed by atoms with E-state index in [0.29, 0.717) is 9.47 Å². The molecular weight excluding hydrogens is 452 g/mol. The van der Waals surface area contributed by atoms with Crippen LogP contribution in [0.15, 0.2) is 46.8 Å². The van der Waals surface area contributed by atoms with Gasteiger partial charge in [0.15, 0.2) is 4.34 Å². The Kier molecular flexibility index (Phi) is 5.37. The number of fused-ring (bicyclic) bond motifs is 1. The second-order valence-corrected chi connectivity index (χ2v) is 12.1. The van der Waals surface area contributed by atoms with Crippen LogP contribution < -0.4 is 10.6 Å². The lowest BCUT2D eigenvalue weighted by atomic mass is 9.49. The summed E-state index contributed by atoms with van der Waals surface area (Å²) in [6.07, 6.45) is 7.02. The molecule has 33 heavy (non-hydrogen) atoms. The number of aromatic nitrogens is 2. The van der Waals surface area contributed by atoms with E-state index in [9.17, 15) is 9.59 Å². The number of hydrogen-bond donors (Lipinski definition) is 2. The molecule has 0 atom stereocenters. The Labute approximate surface area is 200 Å². The number of benzene rings is 2. The SMILES string of the molecule is O=C(CSc1nnc(NC(=O)C23CC4CC(CC(C4)C2)C3)s1)Nc1cccc2ccccc12. The topological polar surface area (TPSA) is 84.0 Å². The lowest BCUT2D eigenvalue weighted by Crippen LogP contribution is -2.51. The van der Waals surface area contributed by atoms with Crippen molar-refractivity contribution in [1.82, 2.24) is 10.2 Å². The van der Waals surface area contributed by atoms with Crippen molar-refractivity contribution >= 4 is 56.5 Å². The van der Waals surface area contributed by atoms with Crippen LogP contribution in [0, 0.1) is 23.2 Å². The van der Waals surface area contributed by atoms with Gasteiger partial charge in [0.2, 0.25) is 16.9 Å². The Hall–Kier alpha value is -2.45. The van der Waals surface area contributed by atoms with Gasteiger partial charge in [-0.3, -0.25) is 9.59 Å². The Bertz CT molecular complexity index is 1180. The normalized spacial score (nSPS) is 27.6. The molecule has 2 N–H and O–H groups in total. The summed E-state index contributed by atoms with van der Waals surface area (Å²) in [7, 11) is 0. The molecule has 2 aromatic carbocycles. The molecule has 1 aromatic heterocycles. The third-order valence-electron chi connectivity index (χ3n) is 7.54. The van der Waals surface area contributed by atoms with Crippen LogP contribution in [0.2, 0.25) is 0 Å². The van der Waals surface area contributed by atoms with Gasteiger partial charge in [0, 0.05) is 11.1 Å². The Morgan fingerprint density at radius 2 is 1.64 bits per heavy atom. The third kappa shape index (κ3) is 4.15. The molecule has 170 valence electrons. The number of rotatable bonds is 6. The van der Waals surface area contributed by atoms with E-state index in [4.69, 9.17) is 0 Å². The van der Waals surface area contributed by atoms with E-state index in [2.05, 4.69) is 20.8 Å². The summed E-state index contributed by atoms with van der Waals surface area (Å²) in [5, 5.41) is 17.0. The molecule has 3 aromatic rings. The number of amides is 2. The van der Waals surface area contributed by atoms with Gasteiger partial charge in [-0.1, -0.05) is 59.5 Å². The van der Waals surface area contributed by atoms with E-state index < -0.39 is 0 Å². The van der Waals surface area contributed by atoms with Crippen molar-refractivity contribution in [2.45, 2.75) is 42.9 Å². The van der Waals surface area contributed by atoms with Gasteiger partial charge >= 0.3 is 0 Å². The molecule has 4 bridgehead atoms. The smallest absolute Gasteiger partial charge is 0.234 e. The first kappa shape index (κ1) is 21.1. The number of anilines is 2. The maximum absolute atomic E-state index is 13.2. The summed E-state index contributed by atoms with van der Waals surface area (Å²) in [6.45, 7) is 0. The van der Waals surface area contributed by atoms with Crippen molar-refractivity contribution in [3.05, 3.63) is 42.5 Å². The summed E-state index contributed by atoms with van der Waals surface area (Å²) in [6, 6.07) is 13.9. The Morgan fingerprint density at radius 3 is 2.39 bits per heavy atom. The zero-order valence-electron chi connectivity index (χ0n) is 18.3. The van der Waals surface area contributed by atoms with Crippen molar-refractivity contribution in [3.63, 3.8) is 0 Å². The quantitative estimate of drug-likeness (QED) is 0.357. The minimum Gasteiger partial charge on any atom is -0.325 e. The summed E-state index contributed by atoms with van der Waals surface area (Å²) in [4.78, 5) is 25.7. The first-order chi connectivity index (χ1) is 16.1. The van der Waals surface area contributed by atoms with Gasteiger partial charge in [0.25, 0.3) is 0 Å². The van der Waals surface area contributed by atoms with Crippen LogP contribution in [-0.2, 0) is 9.59 Å². The largest absolute Gasteiger partial charge is 0.325 e. The van der Waals surface area contributed by atoms with Gasteiger partial charge in [0.05, 0.1) is 11.2 Å². The van der Waals surface area contributed by atoms with Gasteiger partial charge in [-0.2, -0.15) is 0 Å². The number of nitrogens with one attached hydrogen (secondary N) is 2. The summed E-state index contributed by atoms with van der Waals surface area (Å²) < 4.78 is 0.684. The van der Waals surface area contributed by atoms with Crippen molar-refractivity contribution in [3.8, 4) is 0 Å². The summed E-state index contributed by atoms with van der Waals surface area (Å²) in [5.41, 5.74) is 0.603. The fourth-order valence-corrected chi connectivity index (χ4v) is 8.13. The number of hydrogen-bond acceptors (Lipinski definition) is 6. The lowest BCUT2D eigenvalue weighted by Gasteiger charge is -2.55. The Morgan fingerprint density at radius 1 is 0.939 bits per heavy atom. The standard InChI is InChI=1S/C25H26N4O2S2/c30-21(26-20-7-3-5-18-4-1-2-6-19(18)20)14-32-24-29-28-23(33-24)27-22(31)25-11-15-8-16(12-25)10-17(9-15)13-25/h1-7,15-17H,8-14H2,(H,26,30)(H,27,28,31). The maximum atomic E-state index is 13.2. The zero-order chi connectivity index (χ0) is 22.4. The fraction of sp³-hybridized carbons (Fsp3) is 0.440. The third-order valence-corrected chi connectivity index (χ3v) is 9.51. The van der Waals surface area contributed by atoms with Gasteiger partial charge in [0.1, 0.15) is 0 Å². The molecule has 0 unspecified atom stereocenters. The maximum Gasteiger partial charge on any atom is 0.234 e. The highest BCUT2D eigenvalue weighted by Crippen LogP contribution is 2.60. The predicted molar refractivity (Wildman–Crippen MR) is 132 cm³/mol.